The highest BCUT2D eigenvalue weighted by molar-refractivity contribution is 8.00. The van der Waals surface area contributed by atoms with Crippen LogP contribution in [0.1, 0.15) is 11.1 Å². The normalized spacial score (nSPS) is 12.8. The first-order valence-corrected chi connectivity index (χ1v) is 9.68. The molecule has 2 N–H and O–H groups in total. The van der Waals surface area contributed by atoms with Crippen LogP contribution in [0.25, 0.3) is 0 Å². The highest BCUT2D eigenvalue weighted by Gasteiger charge is 2.25. The standard InChI is InChI=1S/C22H20N2OS/c23-18-9-3-6-12-21(18)26-15-22(25)24-19-10-4-1-7-16(19)13-14-17-8-2-5-11-20(17)24/h1-12H,13-15,23H2. The Labute approximate surface area is 157 Å². The molecule has 0 spiro atoms. The summed E-state index contributed by atoms with van der Waals surface area (Å²) in [5.74, 6) is 0.414. The fourth-order valence-corrected chi connectivity index (χ4v) is 4.18. The molecule has 1 amide bonds. The molecule has 1 heterocycles. The maximum Gasteiger partial charge on any atom is 0.241 e. The number of carbonyl (C=O) groups is 1. The lowest BCUT2D eigenvalue weighted by atomic mass is 10.0. The molecular weight excluding hydrogens is 340 g/mol. The van der Waals surface area contributed by atoms with Crippen LogP contribution in [0.5, 0.6) is 0 Å². The van der Waals surface area contributed by atoms with Crippen LogP contribution in [0.4, 0.5) is 17.1 Å². The van der Waals surface area contributed by atoms with Crippen molar-refractivity contribution in [3.63, 3.8) is 0 Å². The van der Waals surface area contributed by atoms with Gasteiger partial charge in [-0.1, -0.05) is 48.5 Å². The van der Waals surface area contributed by atoms with Gasteiger partial charge in [0.05, 0.1) is 17.1 Å². The summed E-state index contributed by atoms with van der Waals surface area (Å²) >= 11 is 1.49. The number of carbonyl (C=O) groups excluding carboxylic acids is 1. The molecule has 0 aromatic heterocycles. The largest absolute Gasteiger partial charge is 0.398 e. The highest BCUT2D eigenvalue weighted by atomic mass is 32.2. The summed E-state index contributed by atoms with van der Waals surface area (Å²) in [4.78, 5) is 16.0. The number of para-hydroxylation sites is 3. The van der Waals surface area contributed by atoms with E-state index in [4.69, 9.17) is 5.73 Å². The molecule has 26 heavy (non-hydrogen) atoms. The van der Waals surface area contributed by atoms with E-state index in [1.54, 1.807) is 0 Å². The Bertz CT molecular complexity index is 907. The van der Waals surface area contributed by atoms with Crippen LogP contribution in [-0.4, -0.2) is 11.7 Å². The predicted octanol–water partition coefficient (Wildman–Crippen LogP) is 4.82. The SMILES string of the molecule is Nc1ccccc1SCC(=O)N1c2ccccc2CCc2ccccc21. The van der Waals surface area contributed by atoms with Crippen LogP contribution in [0.2, 0.25) is 0 Å². The average Bonchev–Trinajstić information content (AvgIpc) is 2.84. The van der Waals surface area contributed by atoms with E-state index in [9.17, 15) is 4.79 Å². The predicted molar refractivity (Wildman–Crippen MR) is 109 cm³/mol. The van der Waals surface area contributed by atoms with E-state index < -0.39 is 0 Å². The molecule has 0 atom stereocenters. The highest BCUT2D eigenvalue weighted by Crippen LogP contribution is 2.37. The molecule has 3 aromatic carbocycles. The maximum absolute atomic E-state index is 13.2. The molecule has 0 fully saturated rings. The number of nitrogens with two attached hydrogens (primary N) is 1. The van der Waals surface area contributed by atoms with Gasteiger partial charge in [0, 0.05) is 10.6 Å². The third-order valence-corrected chi connectivity index (χ3v) is 5.72. The van der Waals surface area contributed by atoms with Gasteiger partial charge in [-0.3, -0.25) is 9.69 Å². The summed E-state index contributed by atoms with van der Waals surface area (Å²) < 4.78 is 0. The molecule has 0 saturated carbocycles. The van der Waals surface area contributed by atoms with E-state index in [1.165, 1.54) is 22.9 Å². The van der Waals surface area contributed by atoms with Gasteiger partial charge in [-0.2, -0.15) is 0 Å². The smallest absolute Gasteiger partial charge is 0.241 e. The molecule has 3 nitrogen and oxygen atoms in total. The van der Waals surface area contributed by atoms with Crippen molar-refractivity contribution in [3.8, 4) is 0 Å². The Balaban J connectivity index is 1.68. The second kappa shape index (κ2) is 7.26. The number of anilines is 3. The molecule has 0 saturated heterocycles. The second-order valence-electron chi connectivity index (χ2n) is 6.31. The average molecular weight is 360 g/mol. The number of hydrogen-bond acceptors (Lipinski definition) is 3. The lowest BCUT2D eigenvalue weighted by Gasteiger charge is -2.25. The summed E-state index contributed by atoms with van der Waals surface area (Å²) in [6.07, 6.45) is 1.88. The van der Waals surface area contributed by atoms with Crippen LogP contribution in [0, 0.1) is 0 Å². The van der Waals surface area contributed by atoms with Gasteiger partial charge in [0.1, 0.15) is 0 Å². The minimum absolute atomic E-state index is 0.0695. The fourth-order valence-electron chi connectivity index (χ4n) is 3.36. The number of thioether (sulfide) groups is 1. The molecular formula is C22H20N2OS. The van der Waals surface area contributed by atoms with Gasteiger partial charge in [0.2, 0.25) is 5.91 Å². The van der Waals surface area contributed by atoms with Gasteiger partial charge in [0.25, 0.3) is 0 Å². The van der Waals surface area contributed by atoms with Crippen molar-refractivity contribution >= 4 is 34.7 Å². The molecule has 3 aromatic rings. The number of benzene rings is 3. The van der Waals surface area contributed by atoms with Gasteiger partial charge < -0.3 is 5.73 Å². The van der Waals surface area contributed by atoms with Crippen molar-refractivity contribution in [1.82, 2.24) is 0 Å². The van der Waals surface area contributed by atoms with Crippen LogP contribution in [0.3, 0.4) is 0 Å². The molecule has 0 bridgehead atoms. The lowest BCUT2D eigenvalue weighted by molar-refractivity contribution is -0.115. The van der Waals surface area contributed by atoms with E-state index in [2.05, 4.69) is 12.1 Å². The first-order valence-electron chi connectivity index (χ1n) is 8.70. The third kappa shape index (κ3) is 3.20. The van der Waals surface area contributed by atoms with E-state index in [0.717, 1.165) is 29.1 Å². The molecule has 0 unspecified atom stereocenters. The van der Waals surface area contributed by atoms with E-state index in [-0.39, 0.29) is 5.91 Å². The zero-order valence-corrected chi connectivity index (χ0v) is 15.2. The minimum atomic E-state index is 0.0695. The van der Waals surface area contributed by atoms with Gasteiger partial charge in [-0.15, -0.1) is 11.8 Å². The quantitative estimate of drug-likeness (QED) is 0.538. The Morgan fingerprint density at radius 2 is 1.38 bits per heavy atom. The molecule has 0 radical (unpaired) electrons. The Morgan fingerprint density at radius 3 is 2.00 bits per heavy atom. The van der Waals surface area contributed by atoms with Gasteiger partial charge in [-0.05, 0) is 48.2 Å². The van der Waals surface area contributed by atoms with E-state index >= 15 is 0 Å². The first-order chi connectivity index (χ1) is 12.7. The van der Waals surface area contributed by atoms with Crippen LogP contribution < -0.4 is 10.6 Å². The van der Waals surface area contributed by atoms with Crippen molar-refractivity contribution in [1.29, 1.82) is 0 Å². The molecule has 4 heteroatoms. The number of fused-ring (bicyclic) bond motifs is 2. The monoisotopic (exact) mass is 360 g/mol. The van der Waals surface area contributed by atoms with Gasteiger partial charge >= 0.3 is 0 Å². The summed E-state index contributed by atoms with van der Waals surface area (Å²) in [5.41, 5.74) is 11.1. The summed E-state index contributed by atoms with van der Waals surface area (Å²) in [6.45, 7) is 0. The second-order valence-corrected chi connectivity index (χ2v) is 7.33. The number of aryl methyl sites for hydroxylation is 2. The zero-order valence-electron chi connectivity index (χ0n) is 14.4. The Hall–Kier alpha value is -2.72. The molecule has 0 aliphatic carbocycles. The van der Waals surface area contributed by atoms with Crippen molar-refractivity contribution in [2.24, 2.45) is 0 Å². The van der Waals surface area contributed by atoms with Crippen LogP contribution in [0.15, 0.2) is 77.7 Å². The van der Waals surface area contributed by atoms with Crippen molar-refractivity contribution in [3.05, 3.63) is 83.9 Å². The number of nitrogen functional groups attached to an aromatic ring is 1. The van der Waals surface area contributed by atoms with E-state index in [1.807, 2.05) is 65.6 Å². The summed E-state index contributed by atoms with van der Waals surface area (Å²) in [5, 5.41) is 0. The number of nitrogens with zero attached hydrogens (tertiary/aromatic N) is 1. The number of rotatable bonds is 3. The third-order valence-electron chi connectivity index (χ3n) is 4.65. The van der Waals surface area contributed by atoms with Gasteiger partial charge in [0.15, 0.2) is 0 Å². The topological polar surface area (TPSA) is 46.3 Å². The molecule has 1 aliphatic heterocycles. The van der Waals surface area contributed by atoms with Crippen molar-refractivity contribution in [2.75, 3.05) is 16.4 Å². The fraction of sp³-hybridized carbons (Fsp3) is 0.136. The minimum Gasteiger partial charge on any atom is -0.398 e. The van der Waals surface area contributed by atoms with Gasteiger partial charge in [-0.25, -0.2) is 0 Å². The Morgan fingerprint density at radius 1 is 0.846 bits per heavy atom. The molecule has 130 valence electrons. The lowest BCUT2D eigenvalue weighted by Crippen LogP contribution is -2.28. The zero-order chi connectivity index (χ0) is 17.9. The summed E-state index contributed by atoms with van der Waals surface area (Å²) in [7, 11) is 0. The molecule has 1 aliphatic rings. The first kappa shape index (κ1) is 16.7. The van der Waals surface area contributed by atoms with Crippen molar-refractivity contribution in [2.45, 2.75) is 17.7 Å². The Kier molecular flexibility index (Phi) is 4.67. The van der Waals surface area contributed by atoms with Crippen LogP contribution in [-0.2, 0) is 17.6 Å². The summed E-state index contributed by atoms with van der Waals surface area (Å²) in [6, 6.07) is 24.0. The number of hydrogen-bond donors (Lipinski definition) is 1. The van der Waals surface area contributed by atoms with E-state index in [0.29, 0.717) is 11.4 Å². The van der Waals surface area contributed by atoms with Crippen LogP contribution >= 0.6 is 11.8 Å². The van der Waals surface area contributed by atoms with Crippen molar-refractivity contribution < 1.29 is 4.79 Å². The number of amides is 1. The molecule has 4 rings (SSSR count). The maximum atomic E-state index is 13.2.